The van der Waals surface area contributed by atoms with Gasteiger partial charge in [0.1, 0.15) is 29.0 Å². The highest BCUT2D eigenvalue weighted by atomic mass is 19.4. The lowest BCUT2D eigenvalue weighted by Gasteiger charge is -2.41. The third-order valence-electron chi connectivity index (χ3n) is 5.27. The Morgan fingerprint density at radius 1 is 1.31 bits per heavy atom. The standard InChI is InChI=1S/C21H19F4N5O2/c1-11-6-12(8-26)9-28-16(11)17(31)29-13-4-5-15(22)14(7-13)19(2)10-32-20(3,18(27)30-19)21(23,24)25/h4-7,9H,10H2,1-3H3,(H2,27,30)(H,29,31)/t19-,20-/m0/s1. The molecule has 11 heteroatoms. The van der Waals surface area contributed by atoms with Crippen LogP contribution in [-0.4, -0.2) is 35.1 Å². The minimum absolute atomic E-state index is 0.0605. The van der Waals surface area contributed by atoms with E-state index in [4.69, 9.17) is 15.7 Å². The van der Waals surface area contributed by atoms with Crippen LogP contribution in [0.5, 0.6) is 0 Å². The van der Waals surface area contributed by atoms with Crippen LogP contribution in [0, 0.1) is 24.1 Å². The van der Waals surface area contributed by atoms with Crippen LogP contribution >= 0.6 is 0 Å². The second-order valence-electron chi connectivity index (χ2n) is 7.74. The molecular weight excluding hydrogens is 430 g/mol. The Hall–Kier alpha value is -3.52. The number of nitrogens with zero attached hydrogens (tertiary/aromatic N) is 3. The van der Waals surface area contributed by atoms with Gasteiger partial charge in [-0.3, -0.25) is 9.79 Å². The number of hydrogen-bond donors (Lipinski definition) is 2. The van der Waals surface area contributed by atoms with Crippen molar-refractivity contribution in [2.75, 3.05) is 11.9 Å². The van der Waals surface area contributed by atoms with Crippen molar-refractivity contribution in [1.82, 2.24) is 4.98 Å². The normalized spacial score (nSPS) is 23.2. The lowest BCUT2D eigenvalue weighted by molar-refractivity contribution is -0.249. The summed E-state index contributed by atoms with van der Waals surface area (Å²) < 4.78 is 59.6. The number of aryl methyl sites for hydroxylation is 1. The number of carbonyl (C=O) groups excluding carboxylic acids is 1. The van der Waals surface area contributed by atoms with E-state index in [9.17, 15) is 22.4 Å². The minimum Gasteiger partial charge on any atom is -0.385 e. The third kappa shape index (κ3) is 4.01. The number of nitrogens with two attached hydrogens (primary N) is 1. The molecule has 32 heavy (non-hydrogen) atoms. The summed E-state index contributed by atoms with van der Waals surface area (Å²) in [6.07, 6.45) is -3.56. The molecule has 2 aromatic rings. The molecule has 3 rings (SSSR count). The van der Waals surface area contributed by atoms with Gasteiger partial charge in [0.2, 0.25) is 5.60 Å². The number of hydrogen-bond acceptors (Lipinski definition) is 6. The summed E-state index contributed by atoms with van der Waals surface area (Å²) in [5, 5.41) is 11.5. The van der Waals surface area contributed by atoms with Crippen LogP contribution in [-0.2, 0) is 10.3 Å². The lowest BCUT2D eigenvalue weighted by atomic mass is 9.89. The Morgan fingerprint density at radius 3 is 2.56 bits per heavy atom. The second-order valence-corrected chi connectivity index (χ2v) is 7.74. The Kier molecular flexibility index (Phi) is 5.69. The molecule has 0 unspecified atom stereocenters. The van der Waals surface area contributed by atoms with E-state index in [1.165, 1.54) is 31.3 Å². The van der Waals surface area contributed by atoms with Crippen molar-refractivity contribution in [3.05, 3.63) is 58.7 Å². The first-order chi connectivity index (χ1) is 14.8. The molecule has 168 valence electrons. The molecule has 3 N–H and O–H groups in total. The van der Waals surface area contributed by atoms with Gasteiger partial charge in [-0.2, -0.15) is 18.4 Å². The first kappa shape index (κ1) is 23.1. The van der Waals surface area contributed by atoms with Gasteiger partial charge >= 0.3 is 6.18 Å². The van der Waals surface area contributed by atoms with Crippen LogP contribution in [0.1, 0.15) is 41.0 Å². The molecule has 0 saturated heterocycles. The third-order valence-corrected chi connectivity index (χ3v) is 5.27. The smallest absolute Gasteiger partial charge is 0.385 e. The Bertz CT molecular complexity index is 1160. The zero-order valence-corrected chi connectivity index (χ0v) is 17.3. The van der Waals surface area contributed by atoms with Gasteiger partial charge in [0.25, 0.3) is 5.91 Å². The van der Waals surface area contributed by atoms with E-state index in [2.05, 4.69) is 15.3 Å². The molecule has 1 amide bonds. The van der Waals surface area contributed by atoms with Crippen LogP contribution in [0.15, 0.2) is 35.5 Å². The summed E-state index contributed by atoms with van der Waals surface area (Å²) >= 11 is 0. The average molecular weight is 449 g/mol. The molecule has 1 aliphatic rings. The summed E-state index contributed by atoms with van der Waals surface area (Å²) in [7, 11) is 0. The number of nitrogens with one attached hydrogen (secondary N) is 1. The second kappa shape index (κ2) is 7.87. The number of aliphatic imine (C=N–C) groups is 1. The fraction of sp³-hybridized carbons (Fsp3) is 0.333. The van der Waals surface area contributed by atoms with E-state index in [0.717, 1.165) is 13.0 Å². The van der Waals surface area contributed by atoms with E-state index in [1.807, 2.05) is 6.07 Å². The van der Waals surface area contributed by atoms with Gasteiger partial charge < -0.3 is 15.8 Å². The maximum atomic E-state index is 14.6. The zero-order valence-electron chi connectivity index (χ0n) is 17.3. The maximum absolute atomic E-state index is 14.6. The number of carbonyl (C=O) groups is 1. The molecule has 0 fully saturated rings. The van der Waals surface area contributed by atoms with Gasteiger partial charge in [0, 0.05) is 17.4 Å². The number of amidine groups is 1. The van der Waals surface area contributed by atoms with E-state index in [-0.39, 0.29) is 22.5 Å². The van der Waals surface area contributed by atoms with Crippen molar-refractivity contribution in [3.63, 3.8) is 0 Å². The Morgan fingerprint density at radius 2 is 2.00 bits per heavy atom. The molecule has 1 aliphatic heterocycles. The van der Waals surface area contributed by atoms with Gasteiger partial charge in [-0.1, -0.05) is 0 Å². The van der Waals surface area contributed by atoms with Crippen LogP contribution in [0.3, 0.4) is 0 Å². The highest BCUT2D eigenvalue weighted by Crippen LogP contribution is 2.41. The Labute approximate surface area is 180 Å². The fourth-order valence-electron chi connectivity index (χ4n) is 3.21. The summed E-state index contributed by atoms with van der Waals surface area (Å²) in [4.78, 5) is 20.5. The number of rotatable bonds is 3. The van der Waals surface area contributed by atoms with Crippen molar-refractivity contribution in [3.8, 4) is 6.07 Å². The van der Waals surface area contributed by atoms with Crippen LogP contribution in [0.25, 0.3) is 0 Å². The summed E-state index contributed by atoms with van der Waals surface area (Å²) in [5.41, 5.74) is 2.11. The van der Waals surface area contributed by atoms with Crippen molar-refractivity contribution < 1.29 is 27.1 Å². The average Bonchev–Trinajstić information content (AvgIpc) is 2.71. The number of benzene rings is 1. The van der Waals surface area contributed by atoms with Crippen LogP contribution in [0.2, 0.25) is 0 Å². The summed E-state index contributed by atoms with van der Waals surface area (Å²) in [5.74, 6) is -2.19. The molecule has 0 saturated carbocycles. The van der Waals surface area contributed by atoms with Crippen molar-refractivity contribution in [1.29, 1.82) is 5.26 Å². The molecule has 0 bridgehead atoms. The van der Waals surface area contributed by atoms with Gasteiger partial charge in [0.05, 0.1) is 12.2 Å². The predicted molar refractivity (Wildman–Crippen MR) is 107 cm³/mol. The number of ether oxygens (including phenoxy) is 1. The van der Waals surface area contributed by atoms with Gasteiger partial charge in [-0.05, 0) is 50.6 Å². The lowest BCUT2D eigenvalue weighted by Crippen LogP contribution is -2.60. The SMILES string of the molecule is Cc1cc(C#N)cnc1C(=O)Nc1ccc(F)c([C@]2(C)CO[C@](C)(C(F)(F)F)C(N)=N2)c1. The first-order valence-electron chi connectivity index (χ1n) is 9.35. The van der Waals surface area contributed by atoms with Gasteiger partial charge in [0.15, 0.2) is 0 Å². The highest BCUT2D eigenvalue weighted by Gasteiger charge is 2.59. The van der Waals surface area contributed by atoms with Crippen molar-refractivity contribution >= 4 is 17.4 Å². The number of alkyl halides is 3. The molecule has 0 aliphatic carbocycles. The van der Waals surface area contributed by atoms with Gasteiger partial charge in [-0.15, -0.1) is 0 Å². The van der Waals surface area contributed by atoms with Gasteiger partial charge in [-0.25, -0.2) is 9.37 Å². The number of halogens is 4. The molecule has 7 nitrogen and oxygen atoms in total. The van der Waals surface area contributed by atoms with Crippen molar-refractivity contribution in [2.24, 2.45) is 10.7 Å². The number of nitriles is 1. The summed E-state index contributed by atoms with van der Waals surface area (Å²) in [6, 6.07) is 7.00. The molecule has 2 atom stereocenters. The first-order valence-corrected chi connectivity index (χ1v) is 9.35. The van der Waals surface area contributed by atoms with E-state index >= 15 is 0 Å². The maximum Gasteiger partial charge on any atom is 0.424 e. The number of aromatic nitrogens is 1. The molecule has 1 aromatic heterocycles. The molecule has 0 radical (unpaired) electrons. The molecule has 1 aromatic carbocycles. The highest BCUT2D eigenvalue weighted by molar-refractivity contribution is 6.04. The van der Waals surface area contributed by atoms with E-state index in [0.29, 0.717) is 5.56 Å². The predicted octanol–water partition coefficient (Wildman–Crippen LogP) is 3.58. The topological polar surface area (TPSA) is 113 Å². The van der Waals surface area contributed by atoms with Crippen molar-refractivity contribution in [2.45, 2.75) is 38.1 Å². The minimum atomic E-state index is -4.80. The largest absolute Gasteiger partial charge is 0.424 e. The number of anilines is 1. The number of pyridine rings is 1. The zero-order chi connectivity index (χ0) is 23.9. The fourth-order valence-corrected chi connectivity index (χ4v) is 3.21. The molecule has 2 heterocycles. The molecule has 0 spiro atoms. The number of amides is 1. The van der Waals surface area contributed by atoms with E-state index < -0.39 is 41.5 Å². The van der Waals surface area contributed by atoms with Crippen LogP contribution in [0.4, 0.5) is 23.2 Å². The monoisotopic (exact) mass is 449 g/mol. The summed E-state index contributed by atoms with van der Waals surface area (Å²) in [6.45, 7) is 3.15. The Balaban J connectivity index is 1.93. The quantitative estimate of drug-likeness (QED) is 0.696. The molecular formula is C21H19F4N5O2. The van der Waals surface area contributed by atoms with E-state index in [1.54, 1.807) is 6.92 Å². The van der Waals surface area contributed by atoms with Crippen LogP contribution < -0.4 is 11.1 Å².